The summed E-state index contributed by atoms with van der Waals surface area (Å²) in [6.45, 7) is 4.59. The molecule has 170 valence electrons. The topological polar surface area (TPSA) is 59.1 Å². The van der Waals surface area contributed by atoms with Gasteiger partial charge in [-0.25, -0.2) is 4.98 Å². The van der Waals surface area contributed by atoms with E-state index < -0.39 is 11.7 Å². The first-order valence-electron chi connectivity index (χ1n) is 10.6. The molecule has 0 saturated carbocycles. The molecule has 0 aliphatic heterocycles. The number of aromatic nitrogens is 2. The number of ether oxygens (including phenoxy) is 1. The number of rotatable bonds is 10. The van der Waals surface area contributed by atoms with Crippen LogP contribution in [0, 0.1) is 6.92 Å². The standard InChI is InChI=1S/C24H27F3N4O/c1-3-4-5-8-14-32-19-12-9-11-18(15-19)29-22-20(24(25,26)27)16-28-23(31-22)30-21-13-7-6-10-17(21)2/h6-7,9-13,15-16H,3-5,8,14H2,1-2H3,(H2,28,29,30,31). The first-order chi connectivity index (χ1) is 15.4. The Morgan fingerprint density at radius 3 is 2.53 bits per heavy atom. The van der Waals surface area contributed by atoms with E-state index in [0.29, 0.717) is 18.0 Å². The van der Waals surface area contributed by atoms with Crippen molar-refractivity contribution in [3.8, 4) is 5.75 Å². The van der Waals surface area contributed by atoms with Crippen molar-refractivity contribution < 1.29 is 17.9 Å². The molecule has 0 radical (unpaired) electrons. The zero-order valence-corrected chi connectivity index (χ0v) is 18.2. The molecule has 1 aromatic heterocycles. The van der Waals surface area contributed by atoms with Gasteiger partial charge in [0.25, 0.3) is 0 Å². The van der Waals surface area contributed by atoms with Crippen LogP contribution in [0.2, 0.25) is 0 Å². The second-order valence-corrected chi connectivity index (χ2v) is 7.46. The molecule has 0 amide bonds. The third-order valence-corrected chi connectivity index (χ3v) is 4.85. The lowest BCUT2D eigenvalue weighted by Crippen LogP contribution is -2.12. The monoisotopic (exact) mass is 444 g/mol. The molecule has 5 nitrogen and oxygen atoms in total. The summed E-state index contributed by atoms with van der Waals surface area (Å²) in [6, 6.07) is 14.2. The second kappa shape index (κ2) is 10.8. The molecule has 0 spiro atoms. The number of halogens is 3. The van der Waals surface area contributed by atoms with Crippen molar-refractivity contribution in [3.63, 3.8) is 0 Å². The third kappa shape index (κ3) is 6.60. The number of para-hydroxylation sites is 1. The van der Waals surface area contributed by atoms with E-state index >= 15 is 0 Å². The van der Waals surface area contributed by atoms with Gasteiger partial charge >= 0.3 is 6.18 Å². The van der Waals surface area contributed by atoms with Crippen molar-refractivity contribution in [2.75, 3.05) is 17.2 Å². The summed E-state index contributed by atoms with van der Waals surface area (Å²) in [5.74, 6) is 0.328. The maximum absolute atomic E-state index is 13.6. The van der Waals surface area contributed by atoms with Crippen LogP contribution in [0.5, 0.6) is 5.75 Å². The molecule has 0 fully saturated rings. The van der Waals surface area contributed by atoms with Crippen LogP contribution < -0.4 is 15.4 Å². The van der Waals surface area contributed by atoms with E-state index in [1.165, 1.54) is 0 Å². The molecule has 0 aliphatic carbocycles. The maximum atomic E-state index is 13.6. The number of nitrogens with zero attached hydrogens (tertiary/aromatic N) is 2. The summed E-state index contributed by atoms with van der Waals surface area (Å²) in [5.41, 5.74) is 1.15. The minimum absolute atomic E-state index is 0.0677. The summed E-state index contributed by atoms with van der Waals surface area (Å²) < 4.78 is 46.4. The highest BCUT2D eigenvalue weighted by Crippen LogP contribution is 2.36. The van der Waals surface area contributed by atoms with Gasteiger partial charge in [0.2, 0.25) is 5.95 Å². The Bertz CT molecular complexity index is 1020. The lowest BCUT2D eigenvalue weighted by Gasteiger charge is -2.16. The van der Waals surface area contributed by atoms with Gasteiger partial charge in [-0.1, -0.05) is 50.5 Å². The first kappa shape index (κ1) is 23.4. The molecule has 0 atom stereocenters. The zero-order chi connectivity index (χ0) is 23.0. The fourth-order valence-electron chi connectivity index (χ4n) is 3.10. The van der Waals surface area contributed by atoms with Gasteiger partial charge < -0.3 is 15.4 Å². The lowest BCUT2D eigenvalue weighted by atomic mass is 10.2. The predicted octanol–water partition coefficient (Wildman–Crippen LogP) is 7.25. The van der Waals surface area contributed by atoms with Crippen molar-refractivity contribution in [2.45, 2.75) is 45.7 Å². The normalized spacial score (nSPS) is 11.3. The van der Waals surface area contributed by atoms with Crippen LogP contribution >= 0.6 is 0 Å². The fraction of sp³-hybridized carbons (Fsp3) is 0.333. The summed E-state index contributed by atoms with van der Waals surface area (Å²) in [7, 11) is 0. The van der Waals surface area contributed by atoms with Crippen molar-refractivity contribution in [1.29, 1.82) is 0 Å². The number of hydrogen-bond acceptors (Lipinski definition) is 5. The molecule has 0 bridgehead atoms. The van der Waals surface area contributed by atoms with E-state index in [1.54, 1.807) is 24.3 Å². The van der Waals surface area contributed by atoms with Gasteiger partial charge in [-0.3, -0.25) is 0 Å². The largest absolute Gasteiger partial charge is 0.494 e. The quantitative estimate of drug-likeness (QED) is 0.323. The minimum atomic E-state index is -4.60. The number of hydrogen-bond donors (Lipinski definition) is 2. The highest BCUT2D eigenvalue weighted by atomic mass is 19.4. The summed E-state index contributed by atoms with van der Waals surface area (Å²) in [4.78, 5) is 7.96. The van der Waals surface area contributed by atoms with Crippen LogP contribution in [0.3, 0.4) is 0 Å². The van der Waals surface area contributed by atoms with Gasteiger partial charge in [-0.2, -0.15) is 18.2 Å². The Kier molecular flexibility index (Phi) is 7.92. The second-order valence-electron chi connectivity index (χ2n) is 7.46. The molecule has 0 aliphatic rings. The van der Waals surface area contributed by atoms with Crippen LogP contribution in [-0.4, -0.2) is 16.6 Å². The van der Waals surface area contributed by atoms with E-state index in [-0.39, 0.29) is 11.8 Å². The van der Waals surface area contributed by atoms with E-state index in [1.807, 2.05) is 31.2 Å². The molecule has 0 saturated heterocycles. The number of aryl methyl sites for hydroxylation is 1. The van der Waals surface area contributed by atoms with Crippen LogP contribution in [0.4, 0.5) is 36.3 Å². The van der Waals surface area contributed by atoms with Crippen LogP contribution in [0.1, 0.15) is 43.7 Å². The minimum Gasteiger partial charge on any atom is -0.494 e. The van der Waals surface area contributed by atoms with Gasteiger partial charge in [0.15, 0.2) is 0 Å². The Hall–Kier alpha value is -3.29. The van der Waals surface area contributed by atoms with Crippen LogP contribution in [0.25, 0.3) is 0 Å². The van der Waals surface area contributed by atoms with Crippen molar-refractivity contribution in [2.24, 2.45) is 0 Å². The number of nitrogens with one attached hydrogen (secondary N) is 2. The van der Waals surface area contributed by atoms with Crippen LogP contribution in [-0.2, 0) is 6.18 Å². The predicted molar refractivity (Wildman–Crippen MR) is 121 cm³/mol. The average molecular weight is 445 g/mol. The molecular formula is C24H27F3N4O. The molecular weight excluding hydrogens is 417 g/mol. The molecule has 2 aromatic carbocycles. The Labute approximate surface area is 186 Å². The fourth-order valence-corrected chi connectivity index (χ4v) is 3.10. The summed E-state index contributed by atoms with van der Waals surface area (Å²) >= 11 is 0. The van der Waals surface area contributed by atoms with Crippen molar-refractivity contribution in [3.05, 3.63) is 65.9 Å². The molecule has 3 rings (SSSR count). The van der Waals surface area contributed by atoms with E-state index in [4.69, 9.17) is 4.74 Å². The molecule has 0 unspecified atom stereocenters. The summed E-state index contributed by atoms with van der Waals surface area (Å²) in [5, 5.41) is 5.76. The molecule has 8 heteroatoms. The highest BCUT2D eigenvalue weighted by molar-refractivity contribution is 5.64. The SMILES string of the molecule is CCCCCCOc1cccc(Nc2nc(Nc3ccccc3C)ncc2C(F)(F)F)c1. The molecule has 1 heterocycles. The zero-order valence-electron chi connectivity index (χ0n) is 18.2. The Balaban J connectivity index is 1.79. The number of benzene rings is 2. The van der Waals surface area contributed by atoms with Gasteiger partial charge in [-0.05, 0) is 37.1 Å². The van der Waals surface area contributed by atoms with E-state index in [0.717, 1.165) is 43.1 Å². The van der Waals surface area contributed by atoms with Gasteiger partial charge in [0, 0.05) is 23.6 Å². The Morgan fingerprint density at radius 1 is 0.969 bits per heavy atom. The maximum Gasteiger partial charge on any atom is 0.421 e. The Morgan fingerprint density at radius 2 is 1.78 bits per heavy atom. The van der Waals surface area contributed by atoms with Gasteiger partial charge in [-0.15, -0.1) is 0 Å². The number of unbranched alkanes of at least 4 members (excludes halogenated alkanes) is 3. The van der Waals surface area contributed by atoms with E-state index in [9.17, 15) is 13.2 Å². The molecule has 3 aromatic rings. The first-order valence-corrected chi connectivity index (χ1v) is 10.6. The number of anilines is 4. The highest BCUT2D eigenvalue weighted by Gasteiger charge is 2.35. The van der Waals surface area contributed by atoms with Crippen molar-refractivity contribution >= 4 is 23.1 Å². The van der Waals surface area contributed by atoms with Crippen LogP contribution in [0.15, 0.2) is 54.7 Å². The van der Waals surface area contributed by atoms with Gasteiger partial charge in [0.1, 0.15) is 17.1 Å². The third-order valence-electron chi connectivity index (χ3n) is 4.85. The lowest BCUT2D eigenvalue weighted by molar-refractivity contribution is -0.137. The van der Waals surface area contributed by atoms with Crippen molar-refractivity contribution in [1.82, 2.24) is 9.97 Å². The van der Waals surface area contributed by atoms with Gasteiger partial charge in [0.05, 0.1) is 6.61 Å². The van der Waals surface area contributed by atoms with E-state index in [2.05, 4.69) is 27.5 Å². The summed E-state index contributed by atoms with van der Waals surface area (Å²) in [6.07, 6.45) is 0.490. The smallest absolute Gasteiger partial charge is 0.421 e. The molecule has 32 heavy (non-hydrogen) atoms. The average Bonchev–Trinajstić information content (AvgIpc) is 2.75. The molecule has 2 N–H and O–H groups in total. The number of alkyl halides is 3.